The van der Waals surface area contributed by atoms with E-state index in [9.17, 15) is 21.6 Å². The zero-order valence-corrected chi connectivity index (χ0v) is 19.6. The van der Waals surface area contributed by atoms with E-state index in [-0.39, 0.29) is 17.1 Å². The van der Waals surface area contributed by atoms with Crippen LogP contribution in [0.25, 0.3) is 22.3 Å². The molecule has 0 radical (unpaired) electrons. The minimum Gasteiger partial charge on any atom is -0.497 e. The van der Waals surface area contributed by atoms with Gasteiger partial charge in [-0.15, -0.1) is 13.2 Å². The van der Waals surface area contributed by atoms with Crippen LogP contribution in [-0.2, 0) is 10.0 Å². The second-order valence-electron chi connectivity index (χ2n) is 7.39. The summed E-state index contributed by atoms with van der Waals surface area (Å²) in [6.45, 7) is 0. The summed E-state index contributed by atoms with van der Waals surface area (Å²) in [4.78, 5) is 8.56. The lowest BCUT2D eigenvalue weighted by Gasteiger charge is -2.17. The molecule has 0 saturated heterocycles. The van der Waals surface area contributed by atoms with Crippen molar-refractivity contribution in [2.45, 2.75) is 11.3 Å². The molecule has 0 unspecified atom stereocenters. The Labute approximate surface area is 203 Å². The van der Waals surface area contributed by atoms with Crippen molar-refractivity contribution in [3.8, 4) is 28.5 Å². The van der Waals surface area contributed by atoms with Gasteiger partial charge in [0, 0.05) is 29.4 Å². The summed E-state index contributed by atoms with van der Waals surface area (Å²) in [6, 6.07) is 14.2. The largest absolute Gasteiger partial charge is 0.573 e. The number of halogens is 3. The number of alkyl halides is 3. The third-order valence-electron chi connectivity index (χ3n) is 4.93. The van der Waals surface area contributed by atoms with Gasteiger partial charge in [0.05, 0.1) is 30.1 Å². The summed E-state index contributed by atoms with van der Waals surface area (Å²) in [5.41, 5.74) is 0.918. The van der Waals surface area contributed by atoms with E-state index in [1.54, 1.807) is 42.5 Å². The number of rotatable bonds is 7. The molecule has 3 aromatic carbocycles. The fourth-order valence-electron chi connectivity index (χ4n) is 3.43. The van der Waals surface area contributed by atoms with E-state index in [2.05, 4.69) is 20.0 Å². The van der Waals surface area contributed by atoms with Gasteiger partial charge in [-0.25, -0.2) is 23.5 Å². The van der Waals surface area contributed by atoms with Crippen LogP contribution in [0.5, 0.6) is 17.2 Å². The minimum absolute atomic E-state index is 0.0399. The van der Waals surface area contributed by atoms with E-state index in [1.807, 2.05) is 0 Å². The van der Waals surface area contributed by atoms with Gasteiger partial charge in [-0.2, -0.15) is 0 Å². The molecule has 188 valence electrons. The van der Waals surface area contributed by atoms with Crippen molar-refractivity contribution in [3.63, 3.8) is 0 Å². The molecular weight excluding hydrogens is 501 g/mol. The molecule has 0 saturated carbocycles. The maximum absolute atomic E-state index is 12.9. The topological polar surface area (TPSA) is 126 Å². The van der Waals surface area contributed by atoms with Crippen LogP contribution >= 0.6 is 0 Å². The van der Waals surface area contributed by atoms with E-state index in [0.717, 1.165) is 18.2 Å². The Balaban J connectivity index is 1.97. The van der Waals surface area contributed by atoms with Crippen LogP contribution in [-0.4, -0.2) is 39.0 Å². The number of nitrogens with two attached hydrogens (primary N) is 1. The predicted octanol–water partition coefficient (Wildman–Crippen LogP) is 4.60. The first-order chi connectivity index (χ1) is 17.0. The molecule has 1 aromatic heterocycles. The summed E-state index contributed by atoms with van der Waals surface area (Å²) in [5.74, 6) is 0.266. The molecule has 9 nitrogen and oxygen atoms in total. The van der Waals surface area contributed by atoms with E-state index >= 15 is 0 Å². The van der Waals surface area contributed by atoms with Gasteiger partial charge in [0.15, 0.2) is 5.82 Å². The molecular formula is C23H19F3N4O5S. The van der Waals surface area contributed by atoms with Gasteiger partial charge >= 0.3 is 6.36 Å². The lowest BCUT2D eigenvalue weighted by molar-refractivity contribution is -0.274. The molecule has 0 atom stereocenters. The number of nitrogens with one attached hydrogen (secondary N) is 1. The molecule has 4 rings (SSSR count). The third kappa shape index (κ3) is 5.58. The average molecular weight is 520 g/mol. The number of para-hydroxylation sites is 2. The lowest BCUT2D eigenvalue weighted by atomic mass is 10.1. The Morgan fingerprint density at radius 1 is 0.861 bits per heavy atom. The standard InChI is InChI=1S/C23H19F3N4O5S/c1-33-15-9-13(10-16(11-15)34-2)28-22-21(29-18-5-3-4-6-19(18)30-22)17-12-14(35-23(24,25)26)7-8-20(17)36(27,31)32/h3-12H,1-2H3,(H,28,30)(H2,27,31,32). The monoisotopic (exact) mass is 520 g/mol. The number of primary sulfonamides is 1. The van der Waals surface area contributed by atoms with Crippen molar-refractivity contribution < 1.29 is 35.8 Å². The van der Waals surface area contributed by atoms with Crippen LogP contribution in [0.3, 0.4) is 0 Å². The zero-order valence-electron chi connectivity index (χ0n) is 18.8. The molecule has 0 fully saturated rings. The number of nitrogens with zero attached hydrogens (tertiary/aromatic N) is 2. The van der Waals surface area contributed by atoms with E-state index in [0.29, 0.717) is 28.2 Å². The molecule has 13 heteroatoms. The first kappa shape index (κ1) is 25.0. The molecule has 0 spiro atoms. The van der Waals surface area contributed by atoms with Crippen molar-refractivity contribution in [1.82, 2.24) is 9.97 Å². The molecule has 0 bridgehead atoms. The number of hydrogen-bond acceptors (Lipinski definition) is 8. The van der Waals surface area contributed by atoms with E-state index in [1.165, 1.54) is 14.2 Å². The number of fused-ring (bicyclic) bond motifs is 1. The maximum Gasteiger partial charge on any atom is 0.573 e. The van der Waals surface area contributed by atoms with Crippen molar-refractivity contribution in [1.29, 1.82) is 0 Å². The van der Waals surface area contributed by atoms with Gasteiger partial charge in [0.2, 0.25) is 10.0 Å². The van der Waals surface area contributed by atoms with Gasteiger partial charge in [-0.1, -0.05) is 12.1 Å². The number of sulfonamides is 1. The lowest BCUT2D eigenvalue weighted by Crippen LogP contribution is -2.18. The summed E-state index contributed by atoms with van der Waals surface area (Å²) in [7, 11) is -1.45. The number of anilines is 2. The number of methoxy groups -OCH3 is 2. The summed E-state index contributed by atoms with van der Waals surface area (Å²) in [5, 5.41) is 8.40. The Morgan fingerprint density at radius 3 is 2.03 bits per heavy atom. The molecule has 4 aromatic rings. The minimum atomic E-state index is -5.01. The maximum atomic E-state index is 12.9. The average Bonchev–Trinajstić information content (AvgIpc) is 2.81. The summed E-state index contributed by atoms with van der Waals surface area (Å²) in [6.07, 6.45) is -5.01. The number of aromatic nitrogens is 2. The molecule has 0 aliphatic heterocycles. The molecule has 36 heavy (non-hydrogen) atoms. The highest BCUT2D eigenvalue weighted by atomic mass is 32.2. The Hall–Kier alpha value is -4.10. The van der Waals surface area contributed by atoms with Gasteiger partial charge in [-0.05, 0) is 30.3 Å². The van der Waals surface area contributed by atoms with Gasteiger partial charge in [0.25, 0.3) is 0 Å². The molecule has 0 aliphatic rings. The predicted molar refractivity (Wildman–Crippen MR) is 126 cm³/mol. The normalized spacial score (nSPS) is 11.8. The molecule has 0 aliphatic carbocycles. The van der Waals surface area contributed by atoms with Crippen molar-refractivity contribution >= 4 is 32.6 Å². The smallest absolute Gasteiger partial charge is 0.497 e. The second-order valence-corrected chi connectivity index (χ2v) is 8.92. The fourth-order valence-corrected chi connectivity index (χ4v) is 4.15. The van der Waals surface area contributed by atoms with Crippen LogP contribution in [0.2, 0.25) is 0 Å². The van der Waals surface area contributed by atoms with Crippen LogP contribution in [0.4, 0.5) is 24.7 Å². The first-order valence-electron chi connectivity index (χ1n) is 10.2. The highest BCUT2D eigenvalue weighted by molar-refractivity contribution is 7.89. The van der Waals surface area contributed by atoms with Crippen LogP contribution in [0.15, 0.2) is 65.6 Å². The van der Waals surface area contributed by atoms with Gasteiger partial charge in [0.1, 0.15) is 22.9 Å². The zero-order chi connectivity index (χ0) is 26.1. The van der Waals surface area contributed by atoms with E-state index in [4.69, 9.17) is 14.6 Å². The van der Waals surface area contributed by atoms with Gasteiger partial charge in [-0.3, -0.25) is 0 Å². The quantitative estimate of drug-likeness (QED) is 0.362. The van der Waals surface area contributed by atoms with Crippen LogP contribution < -0.4 is 24.7 Å². The van der Waals surface area contributed by atoms with Crippen LogP contribution in [0.1, 0.15) is 0 Å². The number of ether oxygens (including phenoxy) is 3. The summed E-state index contributed by atoms with van der Waals surface area (Å²) >= 11 is 0. The van der Waals surface area contributed by atoms with Gasteiger partial charge < -0.3 is 19.5 Å². The fraction of sp³-hybridized carbons (Fsp3) is 0.130. The summed E-state index contributed by atoms with van der Waals surface area (Å²) < 4.78 is 77.9. The Bertz CT molecular complexity index is 1520. The van der Waals surface area contributed by atoms with Crippen LogP contribution in [0, 0.1) is 0 Å². The van der Waals surface area contributed by atoms with Crippen molar-refractivity contribution in [2.75, 3.05) is 19.5 Å². The third-order valence-corrected chi connectivity index (χ3v) is 5.90. The highest BCUT2D eigenvalue weighted by Crippen LogP contribution is 2.37. The SMILES string of the molecule is COc1cc(Nc2nc3ccccc3nc2-c2cc(OC(F)(F)F)ccc2S(N)(=O)=O)cc(OC)c1. The number of hydrogen-bond donors (Lipinski definition) is 2. The highest BCUT2D eigenvalue weighted by Gasteiger charge is 2.32. The Morgan fingerprint density at radius 2 is 1.47 bits per heavy atom. The number of benzene rings is 3. The molecule has 1 heterocycles. The second kappa shape index (κ2) is 9.51. The molecule has 0 amide bonds. The molecule has 3 N–H and O–H groups in total. The van der Waals surface area contributed by atoms with Crippen molar-refractivity contribution in [2.24, 2.45) is 5.14 Å². The van der Waals surface area contributed by atoms with E-state index < -0.39 is 27.0 Å². The Kier molecular flexibility index (Phi) is 6.61. The first-order valence-corrected chi connectivity index (χ1v) is 11.7. The van der Waals surface area contributed by atoms with Crippen molar-refractivity contribution in [3.05, 3.63) is 60.7 Å².